The van der Waals surface area contributed by atoms with Crippen LogP contribution in [0.2, 0.25) is 0 Å². The van der Waals surface area contributed by atoms with Gasteiger partial charge in [0.2, 0.25) is 17.7 Å². The first-order valence-corrected chi connectivity index (χ1v) is 13.6. The highest BCUT2D eigenvalue weighted by molar-refractivity contribution is 5.84. The number of hydrogen-bond acceptors (Lipinski definition) is 6. The van der Waals surface area contributed by atoms with E-state index in [1.54, 1.807) is 18.2 Å². The normalized spacial score (nSPS) is 14.7. The van der Waals surface area contributed by atoms with Crippen molar-refractivity contribution >= 4 is 11.9 Å². The molecule has 0 saturated carbocycles. The number of ether oxygens (including phenoxy) is 3. The molecular formula is C33H31FN2O5. The molecule has 210 valence electrons. The van der Waals surface area contributed by atoms with Gasteiger partial charge in [-0.05, 0) is 40.8 Å². The number of amides is 1. The van der Waals surface area contributed by atoms with Gasteiger partial charge in [0.25, 0.3) is 0 Å². The van der Waals surface area contributed by atoms with Gasteiger partial charge in [-0.3, -0.25) is 9.59 Å². The summed E-state index contributed by atoms with van der Waals surface area (Å²) in [7, 11) is 0. The molecular weight excluding hydrogens is 523 g/mol. The Bertz CT molecular complexity index is 1480. The van der Waals surface area contributed by atoms with Gasteiger partial charge in [-0.25, -0.2) is 4.39 Å². The number of esters is 1. The van der Waals surface area contributed by atoms with Gasteiger partial charge in [-0.2, -0.15) is 4.98 Å². The number of carbonyl (C=O) groups is 2. The van der Waals surface area contributed by atoms with Crippen molar-refractivity contribution in [2.45, 2.75) is 32.5 Å². The largest absolute Gasteiger partial charge is 0.473 e. The fourth-order valence-corrected chi connectivity index (χ4v) is 4.57. The van der Waals surface area contributed by atoms with Crippen molar-refractivity contribution in [1.82, 2.24) is 10.3 Å². The molecule has 0 radical (unpaired) electrons. The number of aromatic nitrogens is 1. The zero-order valence-electron chi connectivity index (χ0n) is 22.6. The number of benzene rings is 3. The maximum atomic E-state index is 15.2. The smallest absolute Gasteiger partial charge is 0.309 e. The zero-order chi connectivity index (χ0) is 28.4. The van der Waals surface area contributed by atoms with E-state index in [9.17, 15) is 9.59 Å². The molecule has 8 heteroatoms. The number of rotatable bonds is 11. The summed E-state index contributed by atoms with van der Waals surface area (Å²) < 4.78 is 32.5. The van der Waals surface area contributed by atoms with Gasteiger partial charge in [0.1, 0.15) is 19.0 Å². The monoisotopic (exact) mass is 554 g/mol. The van der Waals surface area contributed by atoms with E-state index in [-0.39, 0.29) is 32.0 Å². The van der Waals surface area contributed by atoms with E-state index in [4.69, 9.17) is 14.2 Å². The van der Waals surface area contributed by atoms with Gasteiger partial charge in [0, 0.05) is 31.0 Å². The molecule has 1 fully saturated rings. The number of nitrogens with one attached hydrogen (secondary N) is 1. The van der Waals surface area contributed by atoms with E-state index >= 15 is 4.39 Å². The van der Waals surface area contributed by atoms with E-state index < -0.39 is 17.7 Å². The highest BCUT2D eigenvalue weighted by atomic mass is 19.1. The van der Waals surface area contributed by atoms with Crippen LogP contribution in [0.25, 0.3) is 11.1 Å². The van der Waals surface area contributed by atoms with E-state index in [1.165, 1.54) is 6.07 Å². The summed E-state index contributed by atoms with van der Waals surface area (Å²) in [6, 6.07) is 28.0. The molecule has 1 unspecified atom stereocenters. The molecule has 1 aliphatic heterocycles. The molecule has 1 N–H and O–H groups in total. The van der Waals surface area contributed by atoms with Crippen LogP contribution >= 0.6 is 0 Å². The highest BCUT2D eigenvalue weighted by Gasteiger charge is 2.26. The Hall–Kier alpha value is -4.72. The molecule has 4 aromatic rings. The fraction of sp³-hybridized carbons (Fsp3) is 0.242. The molecule has 1 amide bonds. The van der Waals surface area contributed by atoms with Crippen molar-refractivity contribution in [3.8, 4) is 22.9 Å². The van der Waals surface area contributed by atoms with Crippen molar-refractivity contribution in [2.24, 2.45) is 5.92 Å². The summed E-state index contributed by atoms with van der Waals surface area (Å²) in [6.45, 7) is 1.14. The first-order valence-electron chi connectivity index (χ1n) is 13.6. The van der Waals surface area contributed by atoms with Crippen molar-refractivity contribution < 1.29 is 28.2 Å². The average Bonchev–Trinajstić information content (AvgIpc) is 3.01. The SMILES string of the molecule is O=C1CC(C(=O)OCCc2ccc(-c3ccc(OCc4ccccc4)nc3OCc3ccccc3)cc2F)CCN1. The summed E-state index contributed by atoms with van der Waals surface area (Å²) in [5.74, 6) is -0.714. The molecule has 41 heavy (non-hydrogen) atoms. The molecule has 5 rings (SSSR count). The van der Waals surface area contributed by atoms with Gasteiger partial charge >= 0.3 is 5.97 Å². The third-order valence-corrected chi connectivity index (χ3v) is 6.84. The van der Waals surface area contributed by atoms with Gasteiger partial charge in [-0.15, -0.1) is 0 Å². The Morgan fingerprint density at radius 1 is 0.902 bits per heavy atom. The van der Waals surface area contributed by atoms with Crippen molar-refractivity contribution in [2.75, 3.05) is 13.2 Å². The van der Waals surface area contributed by atoms with Crippen molar-refractivity contribution in [3.05, 3.63) is 114 Å². The lowest BCUT2D eigenvalue weighted by Crippen LogP contribution is -2.37. The Morgan fingerprint density at radius 3 is 2.29 bits per heavy atom. The molecule has 3 aromatic carbocycles. The lowest BCUT2D eigenvalue weighted by molar-refractivity contribution is -0.151. The maximum absolute atomic E-state index is 15.2. The summed E-state index contributed by atoms with van der Waals surface area (Å²) in [5, 5.41) is 2.69. The topological polar surface area (TPSA) is 86.8 Å². The molecule has 0 bridgehead atoms. The van der Waals surface area contributed by atoms with Gasteiger partial charge < -0.3 is 19.5 Å². The minimum Gasteiger partial charge on any atom is -0.473 e. The third-order valence-electron chi connectivity index (χ3n) is 6.84. The van der Waals surface area contributed by atoms with E-state index in [1.807, 2.05) is 66.7 Å². The van der Waals surface area contributed by atoms with Crippen LogP contribution in [0.4, 0.5) is 4.39 Å². The van der Waals surface area contributed by atoms with E-state index in [0.717, 1.165) is 11.1 Å². The number of piperidine rings is 1. The molecule has 1 saturated heterocycles. The Kier molecular flexibility index (Phi) is 9.21. The second kappa shape index (κ2) is 13.6. The molecule has 0 aliphatic carbocycles. The molecule has 1 aliphatic rings. The van der Waals surface area contributed by atoms with Crippen LogP contribution in [-0.2, 0) is 34.0 Å². The predicted octanol–water partition coefficient (Wildman–Crippen LogP) is 5.66. The van der Waals surface area contributed by atoms with E-state index in [2.05, 4.69) is 10.3 Å². The Morgan fingerprint density at radius 2 is 1.61 bits per heavy atom. The first kappa shape index (κ1) is 27.8. The number of halogens is 1. The third kappa shape index (κ3) is 7.69. The van der Waals surface area contributed by atoms with Crippen LogP contribution in [-0.4, -0.2) is 30.0 Å². The van der Waals surface area contributed by atoms with Crippen LogP contribution in [0.3, 0.4) is 0 Å². The molecule has 7 nitrogen and oxygen atoms in total. The average molecular weight is 555 g/mol. The fourth-order valence-electron chi connectivity index (χ4n) is 4.57. The molecule has 2 heterocycles. The van der Waals surface area contributed by atoms with Gasteiger partial charge in [0.15, 0.2) is 0 Å². The summed E-state index contributed by atoms with van der Waals surface area (Å²) in [6.07, 6.45) is 0.895. The predicted molar refractivity (Wildman–Crippen MR) is 152 cm³/mol. The lowest BCUT2D eigenvalue weighted by Gasteiger charge is -2.20. The van der Waals surface area contributed by atoms with Crippen LogP contribution in [0.15, 0.2) is 91.0 Å². The number of hydrogen-bond donors (Lipinski definition) is 1. The van der Waals surface area contributed by atoms with Crippen molar-refractivity contribution in [3.63, 3.8) is 0 Å². The minimum absolute atomic E-state index is 0.0354. The van der Waals surface area contributed by atoms with Gasteiger partial charge in [-0.1, -0.05) is 72.8 Å². The van der Waals surface area contributed by atoms with Crippen LogP contribution < -0.4 is 14.8 Å². The lowest BCUT2D eigenvalue weighted by atomic mass is 9.98. The second-order valence-corrected chi connectivity index (χ2v) is 9.81. The quantitative estimate of drug-likeness (QED) is 0.241. The highest BCUT2D eigenvalue weighted by Crippen LogP contribution is 2.32. The summed E-state index contributed by atoms with van der Waals surface area (Å²) in [5.41, 5.74) is 3.63. The van der Waals surface area contributed by atoms with Crippen LogP contribution in [0.1, 0.15) is 29.5 Å². The van der Waals surface area contributed by atoms with Gasteiger partial charge in [0.05, 0.1) is 12.5 Å². The zero-order valence-corrected chi connectivity index (χ0v) is 22.6. The number of pyridine rings is 1. The Labute approximate surface area is 238 Å². The van der Waals surface area contributed by atoms with Crippen LogP contribution in [0.5, 0.6) is 11.8 Å². The number of carbonyl (C=O) groups excluding carboxylic acids is 2. The molecule has 1 aromatic heterocycles. The molecule has 1 atom stereocenters. The van der Waals surface area contributed by atoms with E-state index in [0.29, 0.717) is 48.0 Å². The minimum atomic E-state index is -0.447. The maximum Gasteiger partial charge on any atom is 0.309 e. The van der Waals surface area contributed by atoms with Crippen LogP contribution in [0, 0.1) is 11.7 Å². The molecule has 0 spiro atoms. The van der Waals surface area contributed by atoms with Crippen molar-refractivity contribution in [1.29, 1.82) is 0 Å². The standard InChI is InChI=1S/C33H31FN2O5/c34-29-19-26(12-11-25(29)16-18-39-33(38)27-15-17-35-30(37)20-27)28-13-14-31(40-21-23-7-3-1-4-8-23)36-32(28)41-22-24-9-5-2-6-10-24/h1-14,19,27H,15-18,20-22H2,(H,35,37). The Balaban J connectivity index is 1.28. The summed E-state index contributed by atoms with van der Waals surface area (Å²) in [4.78, 5) is 28.4. The number of nitrogens with zero attached hydrogens (tertiary/aromatic N) is 1. The first-order chi connectivity index (χ1) is 20.0. The summed E-state index contributed by atoms with van der Waals surface area (Å²) >= 11 is 0. The second-order valence-electron chi connectivity index (χ2n) is 9.81.